The van der Waals surface area contributed by atoms with Crippen molar-refractivity contribution in [1.29, 1.82) is 0 Å². The molecule has 2 aromatic carbocycles. The van der Waals surface area contributed by atoms with E-state index in [-0.39, 0.29) is 24.4 Å². The predicted octanol–water partition coefficient (Wildman–Crippen LogP) is 3.82. The highest BCUT2D eigenvalue weighted by atomic mass is 16.7. The fourth-order valence-electron chi connectivity index (χ4n) is 5.51. The summed E-state index contributed by atoms with van der Waals surface area (Å²) < 4.78 is 21.8. The molecule has 1 saturated carbocycles. The molecule has 1 aliphatic carbocycles. The van der Waals surface area contributed by atoms with Crippen LogP contribution in [0.25, 0.3) is 11.1 Å². The number of nitrogens with two attached hydrogens (primary N) is 1. The molecule has 0 spiro atoms. The highest BCUT2D eigenvalue weighted by molar-refractivity contribution is 6.40. The van der Waals surface area contributed by atoms with Gasteiger partial charge in [-0.25, -0.2) is 4.79 Å². The van der Waals surface area contributed by atoms with E-state index in [1.807, 2.05) is 12.1 Å². The fourth-order valence-corrected chi connectivity index (χ4v) is 5.51. The summed E-state index contributed by atoms with van der Waals surface area (Å²) in [6, 6.07) is 16.8. The van der Waals surface area contributed by atoms with Crippen LogP contribution >= 0.6 is 0 Å². The summed E-state index contributed by atoms with van der Waals surface area (Å²) >= 11 is 0. The Hall–Kier alpha value is -2.96. The number of ether oxygens (including phenoxy) is 4. The van der Waals surface area contributed by atoms with Crippen molar-refractivity contribution in [1.82, 2.24) is 5.32 Å². The predicted molar refractivity (Wildman–Crippen MR) is 167 cm³/mol. The summed E-state index contributed by atoms with van der Waals surface area (Å²) in [5.74, 6) is -0.328. The number of nitrogens with one attached hydrogen (secondary N) is 1. The number of carbonyl (C=O) groups excluding carboxylic acids is 2. The third-order valence-electron chi connectivity index (χ3n) is 8.47. The minimum atomic E-state index is -1.39. The molecule has 10 nitrogen and oxygen atoms in total. The van der Waals surface area contributed by atoms with Crippen LogP contribution in [0.5, 0.6) is 5.75 Å². The zero-order valence-corrected chi connectivity index (χ0v) is 26.1. The molecule has 0 amide bonds. The van der Waals surface area contributed by atoms with Gasteiger partial charge in [0.25, 0.3) is 0 Å². The van der Waals surface area contributed by atoms with Crippen molar-refractivity contribution in [2.45, 2.75) is 89.8 Å². The van der Waals surface area contributed by atoms with Gasteiger partial charge in [-0.3, -0.25) is 4.79 Å². The number of benzene rings is 2. The highest BCUT2D eigenvalue weighted by Crippen LogP contribution is 2.39. The van der Waals surface area contributed by atoms with Crippen molar-refractivity contribution >= 4 is 19.1 Å². The molecule has 44 heavy (non-hydrogen) atoms. The van der Waals surface area contributed by atoms with Crippen molar-refractivity contribution in [3.05, 3.63) is 54.1 Å². The Labute approximate surface area is 260 Å². The average Bonchev–Trinajstić information content (AvgIpc) is 3.47. The topological polar surface area (TPSA) is 150 Å². The number of hydrogen-bond donors (Lipinski definition) is 4. The summed E-state index contributed by atoms with van der Waals surface area (Å²) in [5.41, 5.74) is 8.11. The van der Waals surface area contributed by atoms with Crippen LogP contribution in [0.2, 0.25) is 6.32 Å². The second-order valence-corrected chi connectivity index (χ2v) is 13.1. The van der Waals surface area contributed by atoms with E-state index >= 15 is 0 Å². The molecule has 2 atom stereocenters. The van der Waals surface area contributed by atoms with E-state index < -0.39 is 36.8 Å². The summed E-state index contributed by atoms with van der Waals surface area (Å²) in [7, 11) is -1.39. The number of esters is 2. The molecular weight excluding hydrogens is 563 g/mol. The molecule has 0 radical (unpaired) electrons. The molecule has 2 fully saturated rings. The zero-order valence-electron chi connectivity index (χ0n) is 26.1. The Balaban J connectivity index is 1.25. The lowest BCUT2D eigenvalue weighted by Gasteiger charge is -2.45. The van der Waals surface area contributed by atoms with Crippen molar-refractivity contribution in [2.24, 2.45) is 17.1 Å². The minimum absolute atomic E-state index is 0.111. The summed E-state index contributed by atoms with van der Waals surface area (Å²) in [6.07, 6.45) is 4.06. The van der Waals surface area contributed by atoms with Crippen LogP contribution in [0.4, 0.5) is 0 Å². The molecule has 0 bridgehead atoms. The monoisotopic (exact) mass is 610 g/mol. The van der Waals surface area contributed by atoms with Crippen LogP contribution in [0.3, 0.4) is 0 Å². The first-order valence-electron chi connectivity index (χ1n) is 15.6. The van der Waals surface area contributed by atoms with Crippen molar-refractivity contribution in [3.8, 4) is 16.9 Å². The maximum absolute atomic E-state index is 13.1. The van der Waals surface area contributed by atoms with Crippen LogP contribution < -0.4 is 15.8 Å². The van der Waals surface area contributed by atoms with Crippen molar-refractivity contribution < 1.29 is 38.6 Å². The number of unbranched alkanes of at least 4 members (excludes halogenated alkanes) is 1. The average molecular weight is 611 g/mol. The normalized spacial score (nSPS) is 21.2. The van der Waals surface area contributed by atoms with E-state index in [9.17, 15) is 19.6 Å². The van der Waals surface area contributed by atoms with Gasteiger partial charge in [0.1, 0.15) is 17.4 Å². The molecule has 1 heterocycles. The van der Waals surface area contributed by atoms with Crippen LogP contribution in [-0.4, -0.2) is 66.8 Å². The second kappa shape index (κ2) is 15.4. The summed E-state index contributed by atoms with van der Waals surface area (Å²) in [6.45, 7) is 6.76. The quantitative estimate of drug-likeness (QED) is 0.101. The Morgan fingerprint density at radius 2 is 1.61 bits per heavy atom. The minimum Gasteiger partial charge on any atom is -0.488 e. The van der Waals surface area contributed by atoms with Crippen LogP contribution in [-0.2, 0) is 30.3 Å². The maximum atomic E-state index is 13.1. The smallest absolute Gasteiger partial charge is 0.451 e. The van der Waals surface area contributed by atoms with E-state index in [1.54, 1.807) is 20.8 Å². The van der Waals surface area contributed by atoms with Gasteiger partial charge >= 0.3 is 19.1 Å². The van der Waals surface area contributed by atoms with E-state index in [4.69, 9.17) is 24.7 Å². The SMILES string of the molecule is CC(C)(C)C(=O)OCOC(=O)C(N)(CCCCB(O)O)C1CC(NCc2ccc(-c3ccc(OC4CCOC4)cc3)cc2)C1. The molecule has 1 aliphatic heterocycles. The molecule has 2 aliphatic rings. The first-order valence-corrected chi connectivity index (χ1v) is 15.6. The zero-order chi connectivity index (χ0) is 31.7. The molecule has 2 aromatic rings. The second-order valence-electron chi connectivity index (χ2n) is 13.1. The number of hydrogen-bond acceptors (Lipinski definition) is 10. The molecule has 4 rings (SSSR count). The van der Waals surface area contributed by atoms with Crippen molar-refractivity contribution in [3.63, 3.8) is 0 Å². The van der Waals surface area contributed by atoms with Gasteiger partial charge in [-0.1, -0.05) is 49.2 Å². The Morgan fingerprint density at radius 3 is 2.20 bits per heavy atom. The van der Waals surface area contributed by atoms with Crippen LogP contribution in [0.1, 0.15) is 64.9 Å². The van der Waals surface area contributed by atoms with Crippen molar-refractivity contribution in [2.75, 3.05) is 20.0 Å². The number of carbonyl (C=O) groups is 2. The van der Waals surface area contributed by atoms with Crippen LogP contribution in [0.15, 0.2) is 48.5 Å². The summed E-state index contributed by atoms with van der Waals surface area (Å²) in [4.78, 5) is 25.2. The Kier molecular flexibility index (Phi) is 11.8. The summed E-state index contributed by atoms with van der Waals surface area (Å²) in [5, 5.41) is 21.9. The third kappa shape index (κ3) is 9.52. The Morgan fingerprint density at radius 1 is 0.977 bits per heavy atom. The third-order valence-corrected chi connectivity index (χ3v) is 8.47. The lowest BCUT2D eigenvalue weighted by Crippen LogP contribution is -2.61. The van der Waals surface area contributed by atoms with E-state index in [0.717, 1.165) is 35.5 Å². The molecule has 5 N–H and O–H groups in total. The molecule has 11 heteroatoms. The molecular formula is C33H47BN2O8. The molecule has 0 aromatic heterocycles. The van der Waals surface area contributed by atoms with Gasteiger partial charge in [0.2, 0.25) is 6.79 Å². The maximum Gasteiger partial charge on any atom is 0.451 e. The number of rotatable bonds is 15. The van der Waals surface area contributed by atoms with Gasteiger partial charge in [-0.2, -0.15) is 0 Å². The molecule has 2 unspecified atom stereocenters. The van der Waals surface area contributed by atoms with Gasteiger partial charge in [0.15, 0.2) is 0 Å². The van der Waals surface area contributed by atoms with E-state index in [2.05, 4.69) is 41.7 Å². The van der Waals surface area contributed by atoms with Gasteiger partial charge in [0, 0.05) is 19.0 Å². The lowest BCUT2D eigenvalue weighted by molar-refractivity contribution is -0.178. The van der Waals surface area contributed by atoms with E-state index in [0.29, 0.717) is 45.3 Å². The first kappa shape index (κ1) is 33.9. The van der Waals surface area contributed by atoms with Gasteiger partial charge in [0.05, 0.1) is 18.6 Å². The molecule has 240 valence electrons. The standard InChI is InChI=1S/C33H47BN2O8/c1-32(2,3)30(37)42-22-43-31(38)33(35,15-4-5-16-34(39)40)26-18-27(19-26)36-20-23-6-8-24(9-7-23)25-10-12-28(13-11-25)44-29-14-17-41-21-29/h6-13,26-27,29,36,39-40H,4-5,14-22,35H2,1-3H3. The Bertz CT molecular complexity index is 1210. The molecule has 1 saturated heterocycles. The van der Waals surface area contributed by atoms with Gasteiger partial charge in [-0.15, -0.1) is 0 Å². The van der Waals surface area contributed by atoms with Gasteiger partial charge in [-0.05, 0) is 81.1 Å². The fraction of sp³-hybridized carbons (Fsp3) is 0.576. The van der Waals surface area contributed by atoms with E-state index in [1.165, 1.54) is 0 Å². The van der Waals surface area contributed by atoms with Gasteiger partial charge < -0.3 is 40.0 Å². The first-order chi connectivity index (χ1) is 20.9. The lowest BCUT2D eigenvalue weighted by atomic mass is 9.66. The van der Waals surface area contributed by atoms with Crippen LogP contribution in [0, 0.1) is 11.3 Å². The largest absolute Gasteiger partial charge is 0.488 e. The highest BCUT2D eigenvalue weighted by Gasteiger charge is 2.49.